The van der Waals surface area contributed by atoms with Crippen LogP contribution in [0.1, 0.15) is 35.3 Å². The SMILES string of the molecule is COC(=O)c1cccc(NC(=O)C[C@H](NC(C)=O)c2ccccc2)c1. The van der Waals surface area contributed by atoms with Gasteiger partial charge in [0.05, 0.1) is 25.1 Å². The summed E-state index contributed by atoms with van der Waals surface area (Å²) in [7, 11) is 1.30. The zero-order valence-electron chi connectivity index (χ0n) is 14.1. The quantitative estimate of drug-likeness (QED) is 0.792. The van der Waals surface area contributed by atoms with E-state index >= 15 is 0 Å². The fraction of sp³-hybridized carbons (Fsp3) is 0.211. The van der Waals surface area contributed by atoms with Crippen molar-refractivity contribution in [3.05, 3.63) is 65.7 Å². The number of amides is 2. The van der Waals surface area contributed by atoms with Gasteiger partial charge in [0.15, 0.2) is 0 Å². The second-order valence-electron chi connectivity index (χ2n) is 5.49. The van der Waals surface area contributed by atoms with Gasteiger partial charge in [-0.05, 0) is 23.8 Å². The number of hydrogen-bond donors (Lipinski definition) is 2. The van der Waals surface area contributed by atoms with E-state index in [1.54, 1.807) is 24.3 Å². The van der Waals surface area contributed by atoms with E-state index in [1.807, 2.05) is 30.3 Å². The predicted molar refractivity (Wildman–Crippen MR) is 94.0 cm³/mol. The maximum absolute atomic E-state index is 12.3. The van der Waals surface area contributed by atoms with Gasteiger partial charge in [0.2, 0.25) is 11.8 Å². The summed E-state index contributed by atoms with van der Waals surface area (Å²) in [6, 6.07) is 15.3. The summed E-state index contributed by atoms with van der Waals surface area (Å²) < 4.78 is 4.66. The molecule has 0 aliphatic carbocycles. The molecular formula is C19H20N2O4. The van der Waals surface area contributed by atoms with Crippen LogP contribution in [-0.2, 0) is 14.3 Å². The molecule has 0 saturated carbocycles. The molecule has 0 bridgehead atoms. The van der Waals surface area contributed by atoms with E-state index in [0.717, 1.165) is 5.56 Å². The molecule has 25 heavy (non-hydrogen) atoms. The normalized spacial score (nSPS) is 11.3. The lowest BCUT2D eigenvalue weighted by Gasteiger charge is -2.18. The largest absolute Gasteiger partial charge is 0.465 e. The fourth-order valence-electron chi connectivity index (χ4n) is 2.42. The Hall–Kier alpha value is -3.15. The van der Waals surface area contributed by atoms with Gasteiger partial charge in [0.25, 0.3) is 0 Å². The number of carbonyl (C=O) groups is 3. The van der Waals surface area contributed by atoms with Gasteiger partial charge in [-0.2, -0.15) is 0 Å². The number of rotatable bonds is 6. The second kappa shape index (κ2) is 8.63. The summed E-state index contributed by atoms with van der Waals surface area (Å²) >= 11 is 0. The summed E-state index contributed by atoms with van der Waals surface area (Å²) in [5.41, 5.74) is 1.68. The van der Waals surface area contributed by atoms with Crippen LogP contribution in [0.25, 0.3) is 0 Å². The molecule has 130 valence electrons. The van der Waals surface area contributed by atoms with Gasteiger partial charge in [-0.25, -0.2) is 4.79 Å². The lowest BCUT2D eigenvalue weighted by atomic mass is 10.0. The number of carbonyl (C=O) groups excluding carboxylic acids is 3. The monoisotopic (exact) mass is 340 g/mol. The van der Waals surface area contributed by atoms with Gasteiger partial charge in [-0.3, -0.25) is 9.59 Å². The minimum Gasteiger partial charge on any atom is -0.465 e. The Morgan fingerprint density at radius 3 is 2.40 bits per heavy atom. The molecule has 2 aromatic carbocycles. The molecule has 0 aliphatic rings. The maximum Gasteiger partial charge on any atom is 0.337 e. The van der Waals surface area contributed by atoms with Crippen molar-refractivity contribution in [2.24, 2.45) is 0 Å². The van der Waals surface area contributed by atoms with Crippen molar-refractivity contribution < 1.29 is 19.1 Å². The molecule has 2 amide bonds. The van der Waals surface area contributed by atoms with Gasteiger partial charge < -0.3 is 15.4 Å². The van der Waals surface area contributed by atoms with Crippen molar-refractivity contribution in [3.63, 3.8) is 0 Å². The van der Waals surface area contributed by atoms with Crippen molar-refractivity contribution in [2.75, 3.05) is 12.4 Å². The third kappa shape index (κ3) is 5.46. The Morgan fingerprint density at radius 1 is 1.04 bits per heavy atom. The van der Waals surface area contributed by atoms with Crippen LogP contribution in [0.4, 0.5) is 5.69 Å². The Bertz CT molecular complexity index is 759. The first-order valence-electron chi connectivity index (χ1n) is 7.80. The molecular weight excluding hydrogens is 320 g/mol. The molecule has 0 radical (unpaired) electrons. The van der Waals surface area contributed by atoms with Crippen LogP contribution in [0.3, 0.4) is 0 Å². The van der Waals surface area contributed by atoms with E-state index in [-0.39, 0.29) is 18.2 Å². The summed E-state index contributed by atoms with van der Waals surface area (Å²) in [5, 5.41) is 5.51. The summed E-state index contributed by atoms with van der Waals surface area (Å²) in [6.45, 7) is 1.41. The van der Waals surface area contributed by atoms with Gasteiger partial charge >= 0.3 is 5.97 Å². The van der Waals surface area contributed by atoms with E-state index in [1.165, 1.54) is 14.0 Å². The summed E-state index contributed by atoms with van der Waals surface area (Å²) in [6.07, 6.45) is 0.0754. The number of anilines is 1. The Kier molecular flexibility index (Phi) is 6.28. The van der Waals surface area contributed by atoms with Gasteiger partial charge in [0, 0.05) is 12.6 Å². The average Bonchev–Trinajstić information content (AvgIpc) is 2.61. The van der Waals surface area contributed by atoms with Gasteiger partial charge in [-0.15, -0.1) is 0 Å². The standard InChI is InChI=1S/C19H20N2O4/c1-13(22)20-17(14-7-4-3-5-8-14)12-18(23)21-16-10-6-9-15(11-16)19(24)25-2/h3-11,17H,12H2,1-2H3,(H,20,22)(H,21,23)/t17-/m0/s1. The van der Waals surface area contributed by atoms with Crippen LogP contribution >= 0.6 is 0 Å². The van der Waals surface area contributed by atoms with E-state index in [4.69, 9.17) is 0 Å². The topological polar surface area (TPSA) is 84.5 Å². The number of nitrogens with one attached hydrogen (secondary N) is 2. The predicted octanol–water partition coefficient (Wildman–Crippen LogP) is 2.68. The van der Waals surface area contributed by atoms with E-state index in [0.29, 0.717) is 11.3 Å². The first kappa shape index (κ1) is 18.2. The Balaban J connectivity index is 2.09. The average molecular weight is 340 g/mol. The minimum atomic E-state index is -0.475. The molecule has 0 heterocycles. The lowest BCUT2D eigenvalue weighted by Crippen LogP contribution is -2.29. The highest BCUT2D eigenvalue weighted by atomic mass is 16.5. The second-order valence-corrected chi connectivity index (χ2v) is 5.49. The number of esters is 1. The molecule has 2 aromatic rings. The molecule has 6 heteroatoms. The smallest absolute Gasteiger partial charge is 0.337 e. The lowest BCUT2D eigenvalue weighted by molar-refractivity contribution is -0.120. The third-order valence-electron chi connectivity index (χ3n) is 3.54. The number of ether oxygens (including phenoxy) is 1. The fourth-order valence-corrected chi connectivity index (χ4v) is 2.42. The highest BCUT2D eigenvalue weighted by molar-refractivity contribution is 5.95. The van der Waals surface area contributed by atoms with Crippen LogP contribution in [0, 0.1) is 0 Å². The van der Waals surface area contributed by atoms with Crippen LogP contribution in [0.15, 0.2) is 54.6 Å². The first-order chi connectivity index (χ1) is 12.0. The van der Waals surface area contributed by atoms with Crippen molar-refractivity contribution in [2.45, 2.75) is 19.4 Å². The molecule has 0 saturated heterocycles. The van der Waals surface area contributed by atoms with Crippen LogP contribution in [-0.4, -0.2) is 24.9 Å². The van der Waals surface area contributed by atoms with E-state index in [2.05, 4.69) is 15.4 Å². The zero-order chi connectivity index (χ0) is 18.2. The molecule has 0 fully saturated rings. The van der Waals surface area contributed by atoms with Crippen LogP contribution in [0.2, 0.25) is 0 Å². The van der Waals surface area contributed by atoms with Gasteiger partial charge in [0.1, 0.15) is 0 Å². The molecule has 0 unspecified atom stereocenters. The molecule has 2 N–H and O–H groups in total. The van der Waals surface area contributed by atoms with Crippen molar-refractivity contribution in [1.29, 1.82) is 0 Å². The van der Waals surface area contributed by atoms with Crippen LogP contribution in [0.5, 0.6) is 0 Å². The third-order valence-corrected chi connectivity index (χ3v) is 3.54. The van der Waals surface area contributed by atoms with Crippen molar-refractivity contribution in [3.8, 4) is 0 Å². The van der Waals surface area contributed by atoms with E-state index < -0.39 is 12.0 Å². The molecule has 6 nitrogen and oxygen atoms in total. The maximum atomic E-state index is 12.3. The highest BCUT2D eigenvalue weighted by Gasteiger charge is 2.17. The molecule has 1 atom stereocenters. The highest BCUT2D eigenvalue weighted by Crippen LogP contribution is 2.18. The molecule has 0 spiro atoms. The molecule has 2 rings (SSSR count). The first-order valence-corrected chi connectivity index (χ1v) is 7.80. The number of hydrogen-bond acceptors (Lipinski definition) is 4. The minimum absolute atomic E-state index is 0.0754. The van der Waals surface area contributed by atoms with Crippen molar-refractivity contribution in [1.82, 2.24) is 5.32 Å². The van der Waals surface area contributed by atoms with Crippen LogP contribution < -0.4 is 10.6 Å². The Morgan fingerprint density at radius 2 is 1.76 bits per heavy atom. The van der Waals surface area contributed by atoms with Gasteiger partial charge in [-0.1, -0.05) is 36.4 Å². The molecule has 0 aromatic heterocycles. The zero-order valence-corrected chi connectivity index (χ0v) is 14.1. The molecule has 0 aliphatic heterocycles. The number of benzene rings is 2. The summed E-state index contributed by atoms with van der Waals surface area (Å²) in [4.78, 5) is 35.3. The number of methoxy groups -OCH3 is 1. The summed E-state index contributed by atoms with van der Waals surface area (Å²) in [5.74, 6) is -0.963. The van der Waals surface area contributed by atoms with Crippen molar-refractivity contribution >= 4 is 23.5 Å². The Labute approximate surface area is 146 Å². The van der Waals surface area contributed by atoms with E-state index in [9.17, 15) is 14.4 Å².